The van der Waals surface area contributed by atoms with E-state index in [0.717, 1.165) is 4.90 Å². The Morgan fingerprint density at radius 2 is 2.20 bits per heavy atom. The summed E-state index contributed by atoms with van der Waals surface area (Å²) in [5.74, 6) is -3.72. The molecule has 1 unspecified atom stereocenters. The largest absolute Gasteiger partial charge is 0.548 e. The first kappa shape index (κ1) is 18.4. The number of hydrogen-bond acceptors (Lipinski definition) is 7. The molecular weight excluding hydrogens is 332 g/mol. The normalized spacial score (nSPS) is 25.1. The minimum absolute atomic E-state index is 0.0486. The second-order valence-corrected chi connectivity index (χ2v) is 5.68. The Kier molecular flexibility index (Phi) is 5.67. The lowest BCUT2D eigenvalue weighted by molar-refractivity contribution is -0.728. The summed E-state index contributed by atoms with van der Waals surface area (Å²) >= 11 is 0. The summed E-state index contributed by atoms with van der Waals surface area (Å²) in [5, 5.41) is 31.2. The van der Waals surface area contributed by atoms with Crippen LogP contribution in [0.4, 0.5) is 0 Å². The van der Waals surface area contributed by atoms with Crippen molar-refractivity contribution in [2.45, 2.75) is 24.9 Å². The first-order valence-corrected chi connectivity index (χ1v) is 7.46. The van der Waals surface area contributed by atoms with E-state index in [1.165, 1.54) is 6.08 Å². The zero-order valence-electron chi connectivity index (χ0n) is 13.1. The van der Waals surface area contributed by atoms with Gasteiger partial charge in [0.1, 0.15) is 30.2 Å². The van der Waals surface area contributed by atoms with E-state index >= 15 is 0 Å². The topological polar surface area (TPSA) is 170 Å². The molecule has 2 rings (SSSR count). The number of carbonyl (C=O) groups excluding carboxylic acids is 1. The van der Waals surface area contributed by atoms with Gasteiger partial charge in [0.05, 0.1) is 12.0 Å². The third-order valence-electron chi connectivity index (χ3n) is 3.71. The van der Waals surface area contributed by atoms with Crippen LogP contribution in [-0.4, -0.2) is 53.1 Å². The molecule has 0 aromatic rings. The molecule has 10 nitrogen and oxygen atoms in total. The van der Waals surface area contributed by atoms with Crippen molar-refractivity contribution in [3.8, 4) is 0 Å². The fourth-order valence-electron chi connectivity index (χ4n) is 2.41. The van der Waals surface area contributed by atoms with Crippen LogP contribution >= 0.6 is 0 Å². The lowest BCUT2D eigenvalue weighted by atomic mass is 10.00. The number of carboxylic acid groups (broad SMARTS) is 3. The first-order valence-electron chi connectivity index (χ1n) is 7.46. The number of carbonyl (C=O) groups is 3. The molecule has 3 atom stereocenters. The molecule has 10 heteroatoms. The van der Waals surface area contributed by atoms with Crippen LogP contribution in [0.25, 0.3) is 0 Å². The summed E-state index contributed by atoms with van der Waals surface area (Å²) < 4.78 is 0. The minimum atomic E-state index is -1.35. The number of allylic oxidation sites excluding steroid dienone is 1. The fourth-order valence-corrected chi connectivity index (χ4v) is 2.41. The molecule has 0 spiro atoms. The third kappa shape index (κ3) is 4.99. The van der Waals surface area contributed by atoms with Gasteiger partial charge in [0, 0.05) is 12.8 Å². The van der Waals surface area contributed by atoms with Crippen molar-refractivity contribution in [3.05, 3.63) is 35.3 Å². The van der Waals surface area contributed by atoms with E-state index in [4.69, 9.17) is 15.9 Å². The van der Waals surface area contributed by atoms with Gasteiger partial charge in [-0.3, -0.25) is 4.90 Å². The highest BCUT2D eigenvalue weighted by atomic mass is 16.4. The van der Waals surface area contributed by atoms with E-state index in [1.54, 1.807) is 18.6 Å². The molecule has 0 aromatic heterocycles. The summed E-state index contributed by atoms with van der Waals surface area (Å²) in [5.41, 5.74) is 6.32. The molecule has 0 aliphatic carbocycles. The Morgan fingerprint density at radius 1 is 1.48 bits per heavy atom. The number of nitrogens with two attached hydrogens (primary N) is 1. The lowest BCUT2D eigenvalue weighted by Gasteiger charge is -2.22. The molecule has 25 heavy (non-hydrogen) atoms. The van der Waals surface area contributed by atoms with Gasteiger partial charge in [-0.1, -0.05) is 0 Å². The van der Waals surface area contributed by atoms with E-state index in [9.17, 15) is 19.5 Å². The molecule has 0 aromatic carbocycles. The van der Waals surface area contributed by atoms with Crippen LogP contribution in [-0.2, 0) is 14.4 Å². The number of carboxylic acids is 3. The SMILES string of the molecule is N[C@@H](CC1=C[NH+](C/C=C2/C=C(C(=O)O)N[C@H](C(=O)O)C2)C=N1)C(=O)[O-]. The average molecular weight is 350 g/mol. The fraction of sp³-hybridized carbons (Fsp3) is 0.333. The molecule has 0 saturated carbocycles. The number of aliphatic imine (C=N–C) groups is 1. The molecule has 134 valence electrons. The van der Waals surface area contributed by atoms with Crippen LogP contribution in [0.1, 0.15) is 12.8 Å². The van der Waals surface area contributed by atoms with Crippen molar-refractivity contribution in [3.63, 3.8) is 0 Å². The quantitative estimate of drug-likeness (QED) is 0.316. The Labute approximate surface area is 142 Å². The van der Waals surface area contributed by atoms with E-state index < -0.39 is 30.0 Å². The minimum Gasteiger partial charge on any atom is -0.548 e. The number of nitrogens with zero attached hydrogens (tertiary/aromatic N) is 1. The van der Waals surface area contributed by atoms with Gasteiger partial charge in [0.25, 0.3) is 0 Å². The maximum atomic E-state index is 11.1. The maximum Gasteiger partial charge on any atom is 0.351 e. The molecule has 0 bridgehead atoms. The van der Waals surface area contributed by atoms with Gasteiger partial charge in [0.15, 0.2) is 6.34 Å². The van der Waals surface area contributed by atoms with Crippen molar-refractivity contribution in [2.24, 2.45) is 10.7 Å². The summed E-state index contributed by atoms with van der Waals surface area (Å²) in [6, 6.07) is -2.14. The molecule has 2 aliphatic rings. The van der Waals surface area contributed by atoms with Crippen molar-refractivity contribution < 1.29 is 34.6 Å². The Bertz CT molecular complexity index is 709. The first-order chi connectivity index (χ1) is 11.8. The number of rotatable bonds is 7. The summed E-state index contributed by atoms with van der Waals surface area (Å²) in [4.78, 5) is 37.7. The molecule has 2 heterocycles. The third-order valence-corrected chi connectivity index (χ3v) is 3.71. The molecular formula is C15H18N4O6. The van der Waals surface area contributed by atoms with Crippen molar-refractivity contribution in [2.75, 3.05) is 6.54 Å². The van der Waals surface area contributed by atoms with Gasteiger partial charge in [-0.15, -0.1) is 0 Å². The van der Waals surface area contributed by atoms with Crippen molar-refractivity contribution in [1.82, 2.24) is 5.32 Å². The standard InChI is InChI=1S/C15H18N4O6/c16-10(13(20)21)5-9-6-19(7-17-9)2-1-8-3-11(14(22)23)18-12(4-8)15(24)25/h1,3,6-7,10,12,18H,2,4-5,16H2,(H,20,21)(H,22,23)(H,24,25)/b8-1-/t10-,12-/m0/s1. The lowest BCUT2D eigenvalue weighted by Crippen LogP contribution is -3.05. The number of aliphatic carboxylic acids is 3. The van der Waals surface area contributed by atoms with Crippen LogP contribution in [0, 0.1) is 0 Å². The van der Waals surface area contributed by atoms with E-state index in [1.807, 2.05) is 0 Å². The zero-order valence-corrected chi connectivity index (χ0v) is 13.1. The van der Waals surface area contributed by atoms with Crippen LogP contribution in [0.15, 0.2) is 40.3 Å². The van der Waals surface area contributed by atoms with Gasteiger partial charge in [-0.05, 0) is 17.7 Å². The molecule has 0 radical (unpaired) electrons. The summed E-state index contributed by atoms with van der Waals surface area (Å²) in [6.45, 7) is 0.401. The van der Waals surface area contributed by atoms with Gasteiger partial charge < -0.3 is 31.2 Å². The second kappa shape index (κ2) is 7.73. The van der Waals surface area contributed by atoms with Gasteiger partial charge >= 0.3 is 11.9 Å². The molecule has 2 aliphatic heterocycles. The number of hydrogen-bond donors (Lipinski definition) is 5. The van der Waals surface area contributed by atoms with Crippen molar-refractivity contribution in [1.29, 1.82) is 0 Å². The van der Waals surface area contributed by atoms with E-state index in [-0.39, 0.29) is 18.5 Å². The van der Waals surface area contributed by atoms with E-state index in [2.05, 4.69) is 10.3 Å². The molecule has 0 saturated heterocycles. The van der Waals surface area contributed by atoms with Crippen LogP contribution in [0.5, 0.6) is 0 Å². The number of quaternary nitrogens is 1. The highest BCUT2D eigenvalue weighted by molar-refractivity contribution is 5.89. The van der Waals surface area contributed by atoms with Crippen molar-refractivity contribution >= 4 is 24.2 Å². The predicted molar refractivity (Wildman–Crippen MR) is 83.0 cm³/mol. The monoisotopic (exact) mass is 350 g/mol. The van der Waals surface area contributed by atoms with E-state index in [0.29, 0.717) is 17.8 Å². The second-order valence-electron chi connectivity index (χ2n) is 5.68. The molecule has 0 amide bonds. The van der Waals surface area contributed by atoms with Crippen LogP contribution in [0.2, 0.25) is 0 Å². The van der Waals surface area contributed by atoms with Crippen LogP contribution < -0.4 is 21.1 Å². The smallest absolute Gasteiger partial charge is 0.351 e. The van der Waals surface area contributed by atoms with Gasteiger partial charge in [-0.2, -0.15) is 0 Å². The molecule has 6 N–H and O–H groups in total. The molecule has 0 fully saturated rings. The van der Waals surface area contributed by atoms with Crippen LogP contribution in [0.3, 0.4) is 0 Å². The predicted octanol–water partition coefficient (Wildman–Crippen LogP) is -3.44. The highest BCUT2D eigenvalue weighted by Gasteiger charge is 2.26. The summed E-state index contributed by atoms with van der Waals surface area (Å²) in [7, 11) is 0. The Morgan fingerprint density at radius 3 is 2.80 bits per heavy atom. The zero-order chi connectivity index (χ0) is 18.6. The highest BCUT2D eigenvalue weighted by Crippen LogP contribution is 2.16. The Hall–Kier alpha value is -2.98. The number of nitrogens with one attached hydrogen (secondary N) is 2. The average Bonchev–Trinajstić information content (AvgIpc) is 2.99. The van der Waals surface area contributed by atoms with Gasteiger partial charge in [0.2, 0.25) is 0 Å². The Balaban J connectivity index is 2.03. The maximum absolute atomic E-state index is 11.1. The summed E-state index contributed by atoms with van der Waals surface area (Å²) in [6.07, 6.45) is 6.57. The van der Waals surface area contributed by atoms with Gasteiger partial charge in [-0.25, -0.2) is 14.6 Å².